The van der Waals surface area contributed by atoms with Gasteiger partial charge in [-0.15, -0.1) is 0 Å². The van der Waals surface area contributed by atoms with Crippen LogP contribution < -0.4 is 4.74 Å². The molecule has 0 spiro atoms. The van der Waals surface area contributed by atoms with Crippen molar-refractivity contribution in [2.45, 2.75) is 33.4 Å². The summed E-state index contributed by atoms with van der Waals surface area (Å²) in [4.78, 5) is 47.5. The molecule has 1 fully saturated rings. The van der Waals surface area contributed by atoms with Crippen LogP contribution in [0.4, 0.5) is 0 Å². The standard InChI is InChI=1S/C27H27N3O6/c1-5-36-27(34)22-15(2)20(16(3)29-22)24(31)21-23(18-9-6-10-19(12-18)35-4)30(26(33)25(21)32)14-17-8-7-11-28-13-17/h6-13,23,29,31H,5,14H2,1-4H3/t23-/m1/s1. The summed E-state index contributed by atoms with van der Waals surface area (Å²) in [5.41, 5.74) is 2.60. The summed E-state index contributed by atoms with van der Waals surface area (Å²) in [5, 5.41) is 11.5. The molecule has 1 aliphatic heterocycles. The number of carbonyl (C=O) groups is 3. The molecule has 0 unspecified atom stereocenters. The molecule has 1 aliphatic rings. The maximum Gasteiger partial charge on any atom is 0.355 e. The van der Waals surface area contributed by atoms with Crippen molar-refractivity contribution in [1.29, 1.82) is 0 Å². The van der Waals surface area contributed by atoms with Crippen molar-refractivity contribution >= 4 is 23.4 Å². The third-order valence-electron chi connectivity index (χ3n) is 6.18. The molecular weight excluding hydrogens is 462 g/mol. The summed E-state index contributed by atoms with van der Waals surface area (Å²) in [5.74, 6) is -1.96. The fraction of sp³-hybridized carbons (Fsp3) is 0.259. The number of amides is 1. The Hall–Kier alpha value is -4.40. The van der Waals surface area contributed by atoms with Gasteiger partial charge >= 0.3 is 5.97 Å². The molecule has 9 heteroatoms. The van der Waals surface area contributed by atoms with Gasteiger partial charge in [-0.05, 0) is 55.7 Å². The number of aromatic nitrogens is 2. The number of aromatic amines is 1. The van der Waals surface area contributed by atoms with Crippen LogP contribution in [0.5, 0.6) is 5.75 Å². The number of benzene rings is 1. The van der Waals surface area contributed by atoms with Gasteiger partial charge in [0, 0.05) is 30.2 Å². The molecule has 3 aromatic rings. The molecule has 9 nitrogen and oxygen atoms in total. The van der Waals surface area contributed by atoms with Crippen LogP contribution in [0.15, 0.2) is 54.4 Å². The van der Waals surface area contributed by atoms with E-state index in [1.807, 2.05) is 0 Å². The van der Waals surface area contributed by atoms with Gasteiger partial charge in [-0.1, -0.05) is 18.2 Å². The number of esters is 1. The number of methoxy groups -OCH3 is 1. The fourth-order valence-electron chi connectivity index (χ4n) is 4.54. The van der Waals surface area contributed by atoms with E-state index in [4.69, 9.17) is 9.47 Å². The molecule has 1 saturated heterocycles. The minimum absolute atomic E-state index is 0.0715. The minimum Gasteiger partial charge on any atom is -0.507 e. The van der Waals surface area contributed by atoms with Crippen LogP contribution in [-0.4, -0.2) is 51.4 Å². The second kappa shape index (κ2) is 10.1. The van der Waals surface area contributed by atoms with Crippen molar-refractivity contribution in [2.75, 3.05) is 13.7 Å². The van der Waals surface area contributed by atoms with E-state index in [0.717, 1.165) is 5.56 Å². The zero-order valence-corrected chi connectivity index (χ0v) is 20.5. The molecule has 36 heavy (non-hydrogen) atoms. The molecule has 0 aliphatic carbocycles. The molecule has 2 N–H and O–H groups in total. The zero-order chi connectivity index (χ0) is 26.0. The Balaban J connectivity index is 1.90. The Labute approximate surface area is 208 Å². The lowest BCUT2D eigenvalue weighted by atomic mass is 9.94. The lowest BCUT2D eigenvalue weighted by molar-refractivity contribution is -0.140. The lowest BCUT2D eigenvalue weighted by Gasteiger charge is -2.25. The summed E-state index contributed by atoms with van der Waals surface area (Å²) in [6.45, 7) is 5.32. The number of ether oxygens (including phenoxy) is 2. The first-order chi connectivity index (χ1) is 17.3. The summed E-state index contributed by atoms with van der Waals surface area (Å²) in [7, 11) is 1.52. The monoisotopic (exact) mass is 489 g/mol. The highest BCUT2D eigenvalue weighted by atomic mass is 16.5. The summed E-state index contributed by atoms with van der Waals surface area (Å²) in [6.07, 6.45) is 3.24. The van der Waals surface area contributed by atoms with Gasteiger partial charge in [0.2, 0.25) is 0 Å². The number of Topliss-reactive ketones (excluding diaryl/α,β-unsaturated/α-hetero) is 1. The van der Waals surface area contributed by atoms with E-state index in [9.17, 15) is 19.5 Å². The van der Waals surface area contributed by atoms with Gasteiger partial charge in [-0.25, -0.2) is 4.79 Å². The van der Waals surface area contributed by atoms with Crippen LogP contribution in [0.25, 0.3) is 5.76 Å². The molecule has 1 aromatic carbocycles. The van der Waals surface area contributed by atoms with Crippen molar-refractivity contribution in [3.8, 4) is 5.75 Å². The molecule has 186 valence electrons. The lowest BCUT2D eigenvalue weighted by Crippen LogP contribution is -2.29. The number of aryl methyl sites for hydroxylation is 1. The van der Waals surface area contributed by atoms with Gasteiger partial charge in [-0.2, -0.15) is 0 Å². The average molecular weight is 490 g/mol. The third-order valence-corrected chi connectivity index (χ3v) is 6.18. The predicted octanol–water partition coefficient (Wildman–Crippen LogP) is 3.83. The van der Waals surface area contributed by atoms with Crippen LogP contribution in [0.1, 0.15) is 51.4 Å². The first kappa shape index (κ1) is 24.7. The number of nitrogens with zero attached hydrogens (tertiary/aromatic N) is 2. The first-order valence-corrected chi connectivity index (χ1v) is 11.5. The van der Waals surface area contributed by atoms with Crippen LogP contribution in [0, 0.1) is 13.8 Å². The number of hydrogen-bond acceptors (Lipinski definition) is 7. The third kappa shape index (κ3) is 4.35. The Morgan fingerprint density at radius 1 is 1.19 bits per heavy atom. The quantitative estimate of drug-likeness (QED) is 0.224. The molecule has 2 aromatic heterocycles. The Kier molecular flexibility index (Phi) is 6.91. The molecule has 1 amide bonds. The van der Waals surface area contributed by atoms with E-state index in [1.165, 1.54) is 12.0 Å². The second-order valence-electron chi connectivity index (χ2n) is 8.41. The van der Waals surface area contributed by atoms with Crippen molar-refractivity contribution in [1.82, 2.24) is 14.9 Å². The topological polar surface area (TPSA) is 122 Å². The molecule has 4 rings (SSSR count). The highest BCUT2D eigenvalue weighted by Gasteiger charge is 2.46. The fourth-order valence-corrected chi connectivity index (χ4v) is 4.54. The highest BCUT2D eigenvalue weighted by molar-refractivity contribution is 6.46. The van der Waals surface area contributed by atoms with E-state index >= 15 is 0 Å². The number of likely N-dealkylation sites (tertiary alicyclic amines) is 1. The number of hydrogen-bond donors (Lipinski definition) is 2. The Bertz CT molecular complexity index is 1360. The van der Waals surface area contributed by atoms with Crippen LogP contribution in [0.3, 0.4) is 0 Å². The van der Waals surface area contributed by atoms with Crippen molar-refractivity contribution < 1.29 is 29.0 Å². The number of pyridine rings is 1. The maximum atomic E-state index is 13.4. The predicted molar refractivity (Wildman–Crippen MR) is 131 cm³/mol. The van der Waals surface area contributed by atoms with E-state index in [2.05, 4.69) is 9.97 Å². The number of H-pyrrole nitrogens is 1. The average Bonchev–Trinajstić information content (AvgIpc) is 3.32. The Morgan fingerprint density at radius 3 is 2.64 bits per heavy atom. The number of aliphatic hydroxyl groups excluding tert-OH is 1. The highest BCUT2D eigenvalue weighted by Crippen LogP contribution is 2.42. The van der Waals surface area contributed by atoms with Crippen LogP contribution in [0.2, 0.25) is 0 Å². The number of rotatable bonds is 7. The van der Waals surface area contributed by atoms with Gasteiger partial charge in [0.15, 0.2) is 0 Å². The molecule has 0 radical (unpaired) electrons. The minimum atomic E-state index is -0.889. The molecule has 1 atom stereocenters. The second-order valence-corrected chi connectivity index (χ2v) is 8.41. The van der Waals surface area contributed by atoms with Crippen molar-refractivity contribution in [2.24, 2.45) is 0 Å². The summed E-state index contributed by atoms with van der Waals surface area (Å²) < 4.78 is 10.5. The van der Waals surface area contributed by atoms with Crippen molar-refractivity contribution in [3.05, 3.63) is 88.0 Å². The Morgan fingerprint density at radius 2 is 1.97 bits per heavy atom. The summed E-state index contributed by atoms with van der Waals surface area (Å²) in [6, 6.07) is 9.66. The molecule has 3 heterocycles. The number of carbonyl (C=O) groups excluding carboxylic acids is 3. The maximum absolute atomic E-state index is 13.4. The largest absolute Gasteiger partial charge is 0.507 e. The van der Waals surface area contributed by atoms with Gasteiger partial charge in [-0.3, -0.25) is 14.6 Å². The van der Waals surface area contributed by atoms with Crippen molar-refractivity contribution in [3.63, 3.8) is 0 Å². The smallest absolute Gasteiger partial charge is 0.355 e. The van der Waals surface area contributed by atoms with Gasteiger partial charge in [0.1, 0.15) is 17.2 Å². The molecule has 0 saturated carbocycles. The van der Waals surface area contributed by atoms with E-state index in [0.29, 0.717) is 22.6 Å². The van der Waals surface area contributed by atoms with E-state index < -0.39 is 23.7 Å². The number of aliphatic hydroxyl groups is 1. The first-order valence-electron chi connectivity index (χ1n) is 11.5. The normalized spacial score (nSPS) is 16.9. The number of ketones is 1. The SMILES string of the molecule is CCOC(=O)c1[nH]c(C)c(C(O)=C2C(=O)C(=O)N(Cc3cccnc3)[C@@H]2c2cccc(OC)c2)c1C. The molecular formula is C27H27N3O6. The van der Waals surface area contributed by atoms with Gasteiger partial charge in [0.05, 0.1) is 25.3 Å². The zero-order valence-electron chi connectivity index (χ0n) is 20.5. The molecule has 0 bridgehead atoms. The van der Waals surface area contributed by atoms with E-state index in [-0.39, 0.29) is 35.7 Å². The van der Waals surface area contributed by atoms with Gasteiger partial charge < -0.3 is 24.5 Å². The van der Waals surface area contributed by atoms with Crippen LogP contribution in [-0.2, 0) is 20.9 Å². The van der Waals surface area contributed by atoms with E-state index in [1.54, 1.807) is 69.6 Å². The van der Waals surface area contributed by atoms with Crippen LogP contribution >= 0.6 is 0 Å². The van der Waals surface area contributed by atoms with Gasteiger partial charge in [0.25, 0.3) is 11.7 Å². The number of nitrogens with one attached hydrogen (secondary N) is 1. The summed E-state index contributed by atoms with van der Waals surface area (Å²) >= 11 is 0.